The third-order valence-electron chi connectivity index (χ3n) is 8.82. The molecule has 0 N–H and O–H groups in total. The molecule has 51 heavy (non-hydrogen) atoms. The van der Waals surface area contributed by atoms with Gasteiger partial charge < -0.3 is 14.5 Å². The Labute approximate surface area is 337 Å². The summed E-state index contributed by atoms with van der Waals surface area (Å²) in [6.07, 6.45) is 8.19. The smallest absolute Gasteiger partial charge is 0.0525 e. The lowest BCUT2D eigenvalue weighted by Gasteiger charge is -2.33. The van der Waals surface area contributed by atoms with E-state index in [1.54, 1.807) is 37.1 Å². The molecule has 0 amide bonds. The molecule has 0 bridgehead atoms. The van der Waals surface area contributed by atoms with E-state index in [0.29, 0.717) is 16.9 Å². The number of allylic oxidation sites excluding steroid dienone is 2. The summed E-state index contributed by atoms with van der Waals surface area (Å²) in [5.41, 5.74) is 6.11. The van der Waals surface area contributed by atoms with Crippen LogP contribution in [0, 0.1) is 22.7 Å². The molecule has 0 saturated carbocycles. The Bertz CT molecular complexity index is 622. The summed E-state index contributed by atoms with van der Waals surface area (Å²) in [6, 6.07) is 0.685. The van der Waals surface area contributed by atoms with Crippen LogP contribution in [-0.2, 0) is 4.74 Å². The number of rotatable bonds is 5. The van der Waals surface area contributed by atoms with Crippen LogP contribution in [0.5, 0.6) is 0 Å². The summed E-state index contributed by atoms with van der Waals surface area (Å²) < 4.78 is 4.25. The van der Waals surface area contributed by atoms with Crippen LogP contribution < -0.4 is 0 Å². The van der Waals surface area contributed by atoms with Gasteiger partial charge in [0.05, 0.1) is 8.07 Å². The first-order chi connectivity index (χ1) is 22.3. The Morgan fingerprint density at radius 1 is 0.588 bits per heavy atom. The molecule has 1 aliphatic carbocycles. The maximum absolute atomic E-state index is 4.25. The number of nitrogens with zero attached hydrogens (tertiary/aromatic N) is 2. The maximum atomic E-state index is 4.25. The van der Waals surface area contributed by atoms with Crippen molar-refractivity contribution in [3.8, 4) is 0 Å². The summed E-state index contributed by atoms with van der Waals surface area (Å²) >= 11 is 1.75. The number of methoxy groups -OCH3 is 1. The van der Waals surface area contributed by atoms with Crippen molar-refractivity contribution < 1.29 is 4.74 Å². The van der Waals surface area contributed by atoms with Gasteiger partial charge in [-0.1, -0.05) is 158 Å². The number of thioether (sulfide) groups is 1. The molecule has 0 heterocycles. The number of hydrogen-bond acceptors (Lipinski definition) is 4. The highest BCUT2D eigenvalue weighted by Gasteiger charge is 2.28. The van der Waals surface area contributed by atoms with Crippen molar-refractivity contribution >= 4 is 27.9 Å². The van der Waals surface area contributed by atoms with Crippen molar-refractivity contribution in [2.75, 3.05) is 62.0 Å². The van der Waals surface area contributed by atoms with Gasteiger partial charge >= 0.3 is 0 Å². The van der Waals surface area contributed by atoms with E-state index in [9.17, 15) is 0 Å². The third-order valence-corrected chi connectivity index (χ3v) is 14.8. The zero-order valence-corrected chi connectivity index (χ0v) is 45.5. The highest BCUT2D eigenvalue weighted by atomic mass is 32.2. The molecular weight excluding hydrogens is 673 g/mol. The van der Waals surface area contributed by atoms with E-state index < -0.39 is 16.1 Å². The minimum absolute atomic E-state index is 0.500. The van der Waals surface area contributed by atoms with E-state index in [1.165, 1.54) is 19.3 Å². The van der Waals surface area contributed by atoms with Crippen LogP contribution in [0.25, 0.3) is 0 Å². The Hall–Kier alpha value is 0.404. The van der Waals surface area contributed by atoms with Crippen LogP contribution >= 0.6 is 11.8 Å². The number of hydrogen-bond donors (Lipinski definition) is 0. The van der Waals surface area contributed by atoms with Gasteiger partial charge in [0.2, 0.25) is 0 Å². The molecule has 6 heteroatoms. The molecular formula is C45H110N2OSSi2. The second-order valence-corrected chi connectivity index (χ2v) is 33.7. The molecule has 0 aromatic rings. The van der Waals surface area contributed by atoms with Gasteiger partial charge in [-0.3, -0.25) is 0 Å². The van der Waals surface area contributed by atoms with Gasteiger partial charge in [0, 0.05) is 28.3 Å². The van der Waals surface area contributed by atoms with E-state index >= 15 is 0 Å². The molecule has 0 radical (unpaired) electrons. The summed E-state index contributed by atoms with van der Waals surface area (Å²) in [6.45, 7) is 55.1. The third kappa shape index (κ3) is 80.1. The Morgan fingerprint density at radius 3 is 0.765 bits per heavy atom. The van der Waals surface area contributed by atoms with Crippen LogP contribution in [0.4, 0.5) is 0 Å². The van der Waals surface area contributed by atoms with Crippen molar-refractivity contribution in [1.29, 1.82) is 0 Å². The predicted octanol–water partition coefficient (Wildman–Crippen LogP) is 15.7. The minimum Gasteiger partial charge on any atom is -0.388 e. The molecule has 0 atom stereocenters. The van der Waals surface area contributed by atoms with Crippen LogP contribution in [0.3, 0.4) is 0 Å². The van der Waals surface area contributed by atoms with Crippen molar-refractivity contribution in [3.05, 3.63) is 11.1 Å². The molecule has 1 aliphatic rings. The summed E-state index contributed by atoms with van der Waals surface area (Å²) in [5.74, 6) is 1.58. The van der Waals surface area contributed by atoms with Crippen LogP contribution in [0.15, 0.2) is 11.1 Å². The van der Waals surface area contributed by atoms with Gasteiger partial charge in [0.25, 0.3) is 0 Å². The fourth-order valence-electron chi connectivity index (χ4n) is 2.38. The number of ether oxygens (including phenoxy) is 1. The molecule has 0 aromatic carbocycles. The zero-order valence-electron chi connectivity index (χ0n) is 42.7. The Balaban J connectivity index is -0.0000000697. The lowest BCUT2D eigenvalue weighted by molar-refractivity contribution is 0.165. The molecule has 3 nitrogen and oxygen atoms in total. The lowest BCUT2D eigenvalue weighted by Crippen LogP contribution is -2.32. The van der Waals surface area contributed by atoms with Crippen molar-refractivity contribution in [3.63, 3.8) is 0 Å². The molecule has 1 rings (SSSR count). The summed E-state index contributed by atoms with van der Waals surface area (Å²) in [5, 5.41) is 0. The van der Waals surface area contributed by atoms with Gasteiger partial charge in [-0.05, 0) is 117 Å². The molecule has 0 aromatic heterocycles. The fourth-order valence-corrected chi connectivity index (χ4v) is 3.71. The summed E-state index contributed by atoms with van der Waals surface area (Å²) in [7, 11) is 11.9. The largest absolute Gasteiger partial charge is 0.388 e. The highest BCUT2D eigenvalue weighted by Crippen LogP contribution is 2.34. The predicted molar refractivity (Wildman–Crippen MR) is 259 cm³/mol. The topological polar surface area (TPSA) is 15.7 Å². The molecule has 320 valence electrons. The fraction of sp³-hybridized carbons (Fsp3) is 0.956. The average molecular weight is 784 g/mol. The van der Waals surface area contributed by atoms with E-state index in [1.807, 2.05) is 38.6 Å². The van der Waals surface area contributed by atoms with Crippen molar-refractivity contribution in [2.24, 2.45) is 22.7 Å². The first kappa shape index (κ1) is 69.3. The van der Waals surface area contributed by atoms with E-state index in [4.69, 9.17) is 0 Å². The van der Waals surface area contributed by atoms with E-state index in [-0.39, 0.29) is 0 Å². The SMILES string of the molecule is CC(C)(C)C.CC(C)C(C)(C)C(C)C.CC(C)N(C)C.CC(C)[Si](C)(C)C(C)C.CC1=C(C)CCC1.CN(C)C.COC.CSC.C[Si](C)(C)C. The second-order valence-electron chi connectivity index (χ2n) is 20.9. The van der Waals surface area contributed by atoms with Crippen molar-refractivity contribution in [2.45, 2.75) is 200 Å². The van der Waals surface area contributed by atoms with Gasteiger partial charge in [0.1, 0.15) is 0 Å². The van der Waals surface area contributed by atoms with Crippen LogP contribution in [0.2, 0.25) is 50.4 Å². The minimum atomic E-state index is -0.858. The molecule has 0 spiro atoms. The second kappa shape index (κ2) is 38.7. The molecule has 0 saturated heterocycles. The monoisotopic (exact) mass is 783 g/mol. The quantitative estimate of drug-likeness (QED) is 0.204. The highest BCUT2D eigenvalue weighted by molar-refractivity contribution is 7.97. The first-order valence-corrected chi connectivity index (χ1v) is 28.8. The van der Waals surface area contributed by atoms with E-state index in [2.05, 4.69) is 188 Å². The average Bonchev–Trinajstić information content (AvgIpc) is 3.25. The normalized spacial score (nSPS) is 12.7. The first-order valence-electron chi connectivity index (χ1n) is 20.0. The lowest BCUT2D eigenvalue weighted by atomic mass is 9.72. The molecule has 0 unspecified atom stereocenters. The molecule has 0 fully saturated rings. The van der Waals surface area contributed by atoms with Gasteiger partial charge in [-0.25, -0.2) is 0 Å². The standard InChI is InChI=1S/C9H20.C8H20Si.C7H12.C5H13N.C5H12.C4H12Si.C3H9N.C2H6O.C2H6S/c2*1-7(2)9(5,6)8(3)4;1-6-4-3-5-7(6)2;1-5(2)6(3)4;2*1-5(2,3)4;1-4(2)3;2*1-3-2/h2*7-8H,1-6H3;3-5H2,1-2H3;5H,1-4H3;2*1-4H3;1-3H3;2*1-2H3. The van der Waals surface area contributed by atoms with Gasteiger partial charge in [0.15, 0.2) is 0 Å². The van der Waals surface area contributed by atoms with Crippen molar-refractivity contribution in [1.82, 2.24) is 9.80 Å². The summed E-state index contributed by atoms with van der Waals surface area (Å²) in [4.78, 5) is 4.17. The van der Waals surface area contributed by atoms with E-state index in [0.717, 1.165) is 22.9 Å². The van der Waals surface area contributed by atoms with Crippen LogP contribution in [-0.4, -0.2) is 94.0 Å². The van der Waals surface area contributed by atoms with Gasteiger partial charge in [-0.15, -0.1) is 0 Å². The van der Waals surface area contributed by atoms with Gasteiger partial charge in [-0.2, -0.15) is 11.8 Å². The Kier molecular flexibility index (Phi) is 52.6. The maximum Gasteiger partial charge on any atom is 0.0525 e. The Morgan fingerprint density at radius 2 is 0.745 bits per heavy atom. The zero-order chi connectivity index (χ0) is 43.7. The molecule has 0 aliphatic heterocycles. The van der Waals surface area contributed by atoms with Crippen LogP contribution in [0.1, 0.15) is 144 Å².